The van der Waals surface area contributed by atoms with Crippen molar-refractivity contribution in [2.45, 2.75) is 9.23 Å². The van der Waals surface area contributed by atoms with Crippen molar-refractivity contribution in [2.24, 2.45) is 0 Å². The van der Waals surface area contributed by atoms with Gasteiger partial charge >= 0.3 is 0 Å². The number of halogens is 3. The van der Waals surface area contributed by atoms with Crippen molar-refractivity contribution in [1.29, 1.82) is 0 Å². The molecule has 0 aromatic heterocycles. The lowest BCUT2D eigenvalue weighted by Gasteiger charge is -2.37. The lowest BCUT2D eigenvalue weighted by molar-refractivity contribution is -0.130. The predicted octanol–water partition coefficient (Wildman–Crippen LogP) is 3.81. The van der Waals surface area contributed by atoms with Gasteiger partial charge in [0.05, 0.1) is 10.6 Å². The molecule has 9 nitrogen and oxygen atoms in total. The molecule has 2 aliphatic rings. The van der Waals surface area contributed by atoms with E-state index >= 15 is 0 Å². The lowest BCUT2D eigenvalue weighted by atomic mass is 10.1. The summed E-state index contributed by atoms with van der Waals surface area (Å²) in [7, 11) is -3.68. The number of benzene rings is 3. The molecule has 3 aromatic rings. The Bertz CT molecular complexity index is 1640. The van der Waals surface area contributed by atoms with E-state index in [2.05, 4.69) is 5.32 Å². The highest BCUT2D eigenvalue weighted by Gasteiger charge is 2.44. The first-order chi connectivity index (χ1) is 19.4. The number of amides is 3. The molecule has 0 radical (unpaired) electrons. The summed E-state index contributed by atoms with van der Waals surface area (Å²) in [5.41, 5.74) is 1.75. The molecule has 1 fully saturated rings. The van der Waals surface area contributed by atoms with Crippen molar-refractivity contribution in [3.8, 4) is 0 Å². The fourth-order valence-electron chi connectivity index (χ4n) is 4.90. The molecule has 0 aliphatic carbocycles. The van der Waals surface area contributed by atoms with Crippen molar-refractivity contribution in [3.05, 3.63) is 83.7 Å². The first-order valence-electron chi connectivity index (χ1n) is 12.6. The third-order valence-corrected chi connectivity index (χ3v) is 8.92. The summed E-state index contributed by atoms with van der Waals surface area (Å²) in [6.07, 6.45) is 1.02. The number of para-hydroxylation sites is 1. The van der Waals surface area contributed by atoms with Crippen LogP contribution in [-0.2, 0) is 23.8 Å². The third-order valence-electron chi connectivity index (χ3n) is 7.04. The molecule has 0 unspecified atom stereocenters. The number of carbonyl (C=O) groups excluding carboxylic acids is 3. The van der Waals surface area contributed by atoms with Gasteiger partial charge in [0, 0.05) is 54.9 Å². The van der Waals surface area contributed by atoms with Gasteiger partial charge < -0.3 is 15.1 Å². The van der Waals surface area contributed by atoms with Crippen molar-refractivity contribution < 1.29 is 27.2 Å². The molecular formula is C28H25Cl2FN4O5S. The molecule has 41 heavy (non-hydrogen) atoms. The zero-order valence-corrected chi connectivity index (χ0v) is 24.1. The van der Waals surface area contributed by atoms with Crippen LogP contribution < -0.4 is 15.1 Å². The fraction of sp³-hybridized carbons (Fsp3) is 0.250. The number of hydrogen-bond acceptors (Lipinski definition) is 6. The quantitative estimate of drug-likeness (QED) is 0.421. The number of nitrogens with one attached hydrogen (secondary N) is 1. The summed E-state index contributed by atoms with van der Waals surface area (Å²) in [6, 6.07) is 16.8. The summed E-state index contributed by atoms with van der Waals surface area (Å²) in [5, 5.41) is 2.58. The molecule has 0 atom stereocenters. The Balaban J connectivity index is 1.33. The summed E-state index contributed by atoms with van der Waals surface area (Å²) < 4.78 is 36.5. The summed E-state index contributed by atoms with van der Waals surface area (Å²) in [6.45, 7) is 0.931. The molecule has 0 bridgehead atoms. The second-order valence-corrected chi connectivity index (χ2v) is 13.1. The van der Waals surface area contributed by atoms with Gasteiger partial charge in [0.25, 0.3) is 11.8 Å². The Morgan fingerprint density at radius 3 is 2.34 bits per heavy atom. The largest absolute Gasteiger partial charge is 0.367 e. The zero-order chi connectivity index (χ0) is 29.5. The van der Waals surface area contributed by atoms with Crippen LogP contribution in [0.15, 0.2) is 71.6 Å². The van der Waals surface area contributed by atoms with E-state index < -0.39 is 31.8 Å². The highest BCUT2D eigenvalue weighted by Crippen LogP contribution is 2.44. The molecule has 1 saturated heterocycles. The molecule has 13 heteroatoms. The van der Waals surface area contributed by atoms with Crippen LogP contribution >= 0.6 is 23.2 Å². The van der Waals surface area contributed by atoms with Crippen LogP contribution in [0.1, 0.15) is 15.9 Å². The van der Waals surface area contributed by atoms with E-state index in [9.17, 15) is 27.2 Å². The fourth-order valence-corrected chi connectivity index (χ4v) is 6.23. The van der Waals surface area contributed by atoms with Crippen LogP contribution in [0.4, 0.5) is 21.5 Å². The minimum atomic E-state index is -3.68. The Morgan fingerprint density at radius 2 is 1.68 bits per heavy atom. The topological polar surface area (TPSA) is 107 Å². The highest BCUT2D eigenvalue weighted by molar-refractivity contribution is 7.90. The van der Waals surface area contributed by atoms with E-state index in [4.69, 9.17) is 23.2 Å². The van der Waals surface area contributed by atoms with Gasteiger partial charge in [-0.05, 0) is 42.5 Å². The van der Waals surface area contributed by atoms with Crippen molar-refractivity contribution in [1.82, 2.24) is 4.90 Å². The average Bonchev–Trinajstić information content (AvgIpc) is 3.18. The van der Waals surface area contributed by atoms with Crippen LogP contribution in [0.5, 0.6) is 0 Å². The molecule has 1 N–H and O–H groups in total. The Morgan fingerprint density at radius 1 is 1.00 bits per heavy atom. The first kappa shape index (κ1) is 28.8. The van der Waals surface area contributed by atoms with Crippen LogP contribution in [0.3, 0.4) is 0 Å². The average molecular weight is 620 g/mol. The van der Waals surface area contributed by atoms with Crippen molar-refractivity contribution in [3.63, 3.8) is 0 Å². The van der Waals surface area contributed by atoms with Gasteiger partial charge in [-0.1, -0.05) is 47.5 Å². The molecule has 214 valence electrons. The molecule has 3 amide bonds. The van der Waals surface area contributed by atoms with Gasteiger partial charge in [-0.15, -0.1) is 0 Å². The number of rotatable bonds is 6. The van der Waals surface area contributed by atoms with E-state index in [0.29, 0.717) is 35.7 Å². The summed E-state index contributed by atoms with van der Waals surface area (Å²) in [5.74, 6) is -2.03. The van der Waals surface area contributed by atoms with Crippen molar-refractivity contribution >= 4 is 67.8 Å². The van der Waals surface area contributed by atoms with Gasteiger partial charge in [-0.2, -0.15) is 0 Å². The molecule has 2 heterocycles. The molecule has 2 aliphatic heterocycles. The maximum atomic E-state index is 13.8. The van der Waals surface area contributed by atoms with Crippen LogP contribution in [0, 0.1) is 5.82 Å². The Kier molecular flexibility index (Phi) is 7.71. The maximum absolute atomic E-state index is 13.8. The Hall–Kier alpha value is -3.67. The van der Waals surface area contributed by atoms with E-state index in [-0.39, 0.29) is 36.0 Å². The number of piperazine rings is 1. The highest BCUT2D eigenvalue weighted by atomic mass is 35.5. The van der Waals surface area contributed by atoms with E-state index in [1.54, 1.807) is 40.1 Å². The number of sulfone groups is 1. The van der Waals surface area contributed by atoms with Crippen LogP contribution in [0.2, 0.25) is 0 Å². The SMILES string of the molecule is CS(=O)(=O)c1cc(F)ccc1N1CCN(C(=O)CN(C(=O)c2ccc3c(c2)NC(=O)C3(Cl)Cl)c2ccccc2)CC1. The molecule has 0 spiro atoms. The number of nitrogens with zero attached hydrogens (tertiary/aromatic N) is 3. The number of alkyl halides is 2. The number of anilines is 3. The first-order valence-corrected chi connectivity index (χ1v) is 15.2. The third kappa shape index (κ3) is 5.74. The predicted molar refractivity (Wildman–Crippen MR) is 155 cm³/mol. The minimum Gasteiger partial charge on any atom is -0.367 e. The molecule has 0 saturated carbocycles. The molecular weight excluding hydrogens is 594 g/mol. The van der Waals surface area contributed by atoms with E-state index in [1.807, 2.05) is 0 Å². The van der Waals surface area contributed by atoms with Gasteiger partial charge in [-0.25, -0.2) is 12.8 Å². The number of hydrogen-bond donors (Lipinski definition) is 1. The van der Waals surface area contributed by atoms with E-state index in [1.165, 1.54) is 35.2 Å². The number of carbonyl (C=O) groups is 3. The summed E-state index contributed by atoms with van der Waals surface area (Å²) in [4.78, 5) is 43.9. The molecule has 3 aromatic carbocycles. The van der Waals surface area contributed by atoms with Gasteiger partial charge in [0.1, 0.15) is 12.4 Å². The standard InChI is InChI=1S/C28H25Cl2FN4O5S/c1-41(39,40)24-16-19(31)8-10-23(24)33-11-13-34(14-12-33)25(36)17-35(20-5-3-2-4-6-20)26(37)18-7-9-21-22(15-18)32-27(38)28(21,29)30/h2-10,15-16H,11-14,17H2,1H3,(H,32,38). The number of fused-ring (bicyclic) bond motifs is 1. The summed E-state index contributed by atoms with van der Waals surface area (Å²) >= 11 is 12.3. The van der Waals surface area contributed by atoms with E-state index in [0.717, 1.165) is 12.3 Å². The normalized spacial score (nSPS) is 16.2. The minimum absolute atomic E-state index is 0.107. The molecule has 5 rings (SSSR count). The van der Waals surface area contributed by atoms with Crippen molar-refractivity contribution in [2.75, 3.05) is 54.1 Å². The van der Waals surface area contributed by atoms with Gasteiger partial charge in [0.15, 0.2) is 9.84 Å². The second kappa shape index (κ2) is 11.0. The monoisotopic (exact) mass is 618 g/mol. The Labute approximate surface area is 246 Å². The van der Waals surface area contributed by atoms with Crippen LogP contribution in [0.25, 0.3) is 0 Å². The smallest absolute Gasteiger partial charge is 0.265 e. The van der Waals surface area contributed by atoms with Gasteiger partial charge in [-0.3, -0.25) is 19.3 Å². The second-order valence-electron chi connectivity index (χ2n) is 9.77. The van der Waals surface area contributed by atoms with Gasteiger partial charge in [0.2, 0.25) is 10.2 Å². The zero-order valence-electron chi connectivity index (χ0n) is 21.8. The lowest BCUT2D eigenvalue weighted by Crippen LogP contribution is -2.52. The van der Waals surface area contributed by atoms with Crippen LogP contribution in [-0.4, -0.2) is 70.0 Å². The maximum Gasteiger partial charge on any atom is 0.265 e.